The molecule has 25 heavy (non-hydrogen) atoms. The number of thioether (sulfide) groups is 2. The molecule has 1 N–H and O–H groups in total. The summed E-state index contributed by atoms with van der Waals surface area (Å²) >= 11 is 8.68. The molecule has 0 bridgehead atoms. The molecular weight excluding hydrogens is 411 g/mol. The minimum absolute atomic E-state index is 0.0147. The maximum Gasteiger partial charge on any atom is 0.229 e. The van der Waals surface area contributed by atoms with Gasteiger partial charge in [-0.05, 0) is 31.5 Å². The summed E-state index contributed by atoms with van der Waals surface area (Å²) in [6.45, 7) is 13.0. The van der Waals surface area contributed by atoms with Gasteiger partial charge in [0.1, 0.15) is 3.53 Å². The van der Waals surface area contributed by atoms with Gasteiger partial charge in [0.15, 0.2) is 8.32 Å². The predicted octanol–water partition coefficient (Wildman–Crippen LogP) is 3.74. The van der Waals surface area contributed by atoms with Crippen molar-refractivity contribution in [3.63, 3.8) is 0 Å². The number of thiocarbonyl (C=S) groups is 1. The van der Waals surface area contributed by atoms with E-state index in [1.165, 1.54) is 0 Å². The van der Waals surface area contributed by atoms with E-state index in [1.807, 2.05) is 6.92 Å². The standard InChI is InChI=1S/C16H29NO3S4Si/c1-10(20-25(5,6)16(2,3)4)12-13(18)17-14(12)23-15(21)22-11-7-8-24(19)9-11/h10-12,14H,7-9H2,1-6H3,(H,17,18)/t10-,11-,12-,14+,24+/m0/s1. The lowest BCUT2D eigenvalue weighted by molar-refractivity contribution is -0.136. The average molecular weight is 440 g/mol. The molecule has 0 radical (unpaired) electrons. The third kappa shape index (κ3) is 5.54. The lowest BCUT2D eigenvalue weighted by atomic mass is 9.96. The van der Waals surface area contributed by atoms with Crippen LogP contribution in [0.3, 0.4) is 0 Å². The average Bonchev–Trinajstić information content (AvgIpc) is 2.80. The number of hydrogen-bond acceptors (Lipinski definition) is 6. The smallest absolute Gasteiger partial charge is 0.229 e. The number of rotatable bonds is 5. The number of β-lactam (4-membered cyclic amide) rings is 1. The van der Waals surface area contributed by atoms with Crippen molar-refractivity contribution in [3.05, 3.63) is 0 Å². The Morgan fingerprint density at radius 3 is 2.52 bits per heavy atom. The number of hydrogen-bond donors (Lipinski definition) is 1. The van der Waals surface area contributed by atoms with Crippen LogP contribution in [0.25, 0.3) is 0 Å². The maximum absolute atomic E-state index is 12.1. The van der Waals surface area contributed by atoms with Crippen molar-refractivity contribution in [1.29, 1.82) is 0 Å². The highest BCUT2D eigenvalue weighted by Crippen LogP contribution is 2.41. The summed E-state index contributed by atoms with van der Waals surface area (Å²) in [7, 11) is -2.60. The van der Waals surface area contributed by atoms with Crippen LogP contribution in [0.4, 0.5) is 0 Å². The first-order chi connectivity index (χ1) is 11.4. The second kappa shape index (κ2) is 8.30. The van der Waals surface area contributed by atoms with Crippen molar-refractivity contribution in [1.82, 2.24) is 5.32 Å². The Morgan fingerprint density at radius 2 is 2.04 bits per heavy atom. The van der Waals surface area contributed by atoms with Crippen LogP contribution in [-0.2, 0) is 20.0 Å². The number of carbonyl (C=O) groups is 1. The van der Waals surface area contributed by atoms with Crippen LogP contribution in [0.1, 0.15) is 34.1 Å². The Kier molecular flexibility index (Phi) is 7.27. The third-order valence-corrected chi connectivity index (χ3v) is 14.4. The van der Waals surface area contributed by atoms with Crippen LogP contribution in [0.15, 0.2) is 0 Å². The summed E-state index contributed by atoms with van der Waals surface area (Å²) in [6.07, 6.45) is 0.850. The highest BCUT2D eigenvalue weighted by Gasteiger charge is 2.48. The van der Waals surface area contributed by atoms with Gasteiger partial charge in [0, 0.05) is 27.6 Å². The first-order valence-corrected chi connectivity index (χ1v) is 15.2. The zero-order valence-electron chi connectivity index (χ0n) is 15.8. The largest absolute Gasteiger partial charge is 0.413 e. The highest BCUT2D eigenvalue weighted by molar-refractivity contribution is 8.47. The van der Waals surface area contributed by atoms with Crippen molar-refractivity contribution in [3.8, 4) is 0 Å². The van der Waals surface area contributed by atoms with E-state index < -0.39 is 19.1 Å². The lowest BCUT2D eigenvalue weighted by Crippen LogP contribution is -2.62. The van der Waals surface area contributed by atoms with E-state index in [1.54, 1.807) is 23.5 Å². The van der Waals surface area contributed by atoms with E-state index in [-0.39, 0.29) is 28.3 Å². The van der Waals surface area contributed by atoms with E-state index in [9.17, 15) is 9.00 Å². The SMILES string of the molecule is C[C@H](O[Si](C)(C)C(C)(C)C)[C@H]1C(=O)N[C@@H]1SC(=S)S[C@H]1CC[S@@](=O)C1. The molecule has 5 atom stereocenters. The topological polar surface area (TPSA) is 55.4 Å². The summed E-state index contributed by atoms with van der Waals surface area (Å²) in [6, 6.07) is 0. The summed E-state index contributed by atoms with van der Waals surface area (Å²) in [5.74, 6) is 1.41. The maximum atomic E-state index is 12.1. The van der Waals surface area contributed by atoms with Crippen molar-refractivity contribution < 1.29 is 13.4 Å². The zero-order valence-corrected chi connectivity index (χ0v) is 20.1. The van der Waals surface area contributed by atoms with Gasteiger partial charge < -0.3 is 9.74 Å². The molecule has 2 aliphatic rings. The van der Waals surface area contributed by atoms with E-state index in [2.05, 4.69) is 39.2 Å². The molecule has 0 aliphatic carbocycles. The Bertz CT molecular complexity index is 564. The van der Waals surface area contributed by atoms with Gasteiger partial charge in [-0.1, -0.05) is 44.8 Å². The quantitative estimate of drug-likeness (QED) is 0.400. The van der Waals surface area contributed by atoms with Crippen LogP contribution in [-0.4, -0.2) is 50.2 Å². The molecule has 0 aromatic carbocycles. The molecule has 0 spiro atoms. The monoisotopic (exact) mass is 439 g/mol. The molecule has 0 aromatic heterocycles. The van der Waals surface area contributed by atoms with Crippen LogP contribution in [0.2, 0.25) is 18.1 Å². The third-order valence-electron chi connectivity index (χ3n) is 5.23. The molecule has 0 aromatic rings. The molecule has 2 saturated heterocycles. The van der Waals surface area contributed by atoms with Crippen molar-refractivity contribution in [2.45, 2.75) is 69.0 Å². The van der Waals surface area contributed by atoms with Crippen molar-refractivity contribution in [2.24, 2.45) is 5.92 Å². The summed E-state index contributed by atoms with van der Waals surface area (Å²) in [5.41, 5.74) is 0. The van der Waals surface area contributed by atoms with Crippen LogP contribution in [0, 0.1) is 5.92 Å². The summed E-state index contributed by atoms with van der Waals surface area (Å²) < 4.78 is 18.7. The van der Waals surface area contributed by atoms with Crippen molar-refractivity contribution >= 4 is 64.3 Å². The molecule has 9 heteroatoms. The Labute approximate surface area is 169 Å². The number of carbonyl (C=O) groups excluding carboxylic acids is 1. The Hall–Kier alpha value is 0.587. The van der Waals surface area contributed by atoms with Gasteiger partial charge in [-0.15, -0.1) is 11.8 Å². The van der Waals surface area contributed by atoms with Gasteiger partial charge in [-0.2, -0.15) is 0 Å². The number of amides is 1. The van der Waals surface area contributed by atoms with E-state index in [0.29, 0.717) is 5.25 Å². The molecule has 4 nitrogen and oxygen atoms in total. The normalized spacial score (nSPS) is 31.4. The summed E-state index contributed by atoms with van der Waals surface area (Å²) in [5, 5.41) is 3.42. The fourth-order valence-corrected chi connectivity index (χ4v) is 9.29. The van der Waals surface area contributed by atoms with Crippen molar-refractivity contribution in [2.75, 3.05) is 11.5 Å². The zero-order chi connectivity index (χ0) is 19.0. The highest BCUT2D eigenvalue weighted by atomic mass is 32.2. The first kappa shape index (κ1) is 21.9. The molecule has 2 fully saturated rings. The van der Waals surface area contributed by atoms with Crippen LogP contribution in [0.5, 0.6) is 0 Å². The summed E-state index contributed by atoms with van der Waals surface area (Å²) in [4.78, 5) is 12.1. The first-order valence-electron chi connectivity index (χ1n) is 8.61. The molecule has 2 aliphatic heterocycles. The minimum atomic E-state index is -1.91. The fourth-order valence-electron chi connectivity index (χ4n) is 2.64. The predicted molar refractivity (Wildman–Crippen MR) is 117 cm³/mol. The molecular formula is C16H29NO3S4Si. The molecule has 2 rings (SSSR count). The fraction of sp³-hybridized carbons (Fsp3) is 0.875. The second-order valence-electron chi connectivity index (χ2n) is 8.25. The van der Waals surface area contributed by atoms with Crippen LogP contribution >= 0.6 is 35.7 Å². The number of nitrogens with one attached hydrogen (secondary N) is 1. The Balaban J connectivity index is 1.89. The van der Waals surface area contributed by atoms with Crippen LogP contribution < -0.4 is 5.32 Å². The van der Waals surface area contributed by atoms with Gasteiger partial charge >= 0.3 is 0 Å². The van der Waals surface area contributed by atoms with E-state index in [0.717, 1.165) is 21.5 Å². The van der Waals surface area contributed by atoms with Gasteiger partial charge in [0.25, 0.3) is 0 Å². The molecule has 2 heterocycles. The van der Waals surface area contributed by atoms with Gasteiger partial charge in [-0.25, -0.2) is 0 Å². The van der Waals surface area contributed by atoms with Gasteiger partial charge in [-0.3, -0.25) is 9.00 Å². The molecule has 0 unspecified atom stereocenters. The van der Waals surface area contributed by atoms with E-state index >= 15 is 0 Å². The van der Waals surface area contributed by atoms with Gasteiger partial charge in [0.05, 0.1) is 17.4 Å². The second-order valence-corrected chi connectivity index (χ2v) is 18.3. The molecule has 1 amide bonds. The van der Waals surface area contributed by atoms with Gasteiger partial charge in [0.2, 0.25) is 5.91 Å². The Morgan fingerprint density at radius 1 is 1.40 bits per heavy atom. The molecule has 0 saturated carbocycles. The molecule has 144 valence electrons. The minimum Gasteiger partial charge on any atom is -0.413 e. The lowest BCUT2D eigenvalue weighted by Gasteiger charge is -2.45. The van der Waals surface area contributed by atoms with E-state index in [4.69, 9.17) is 16.6 Å².